The molecule has 1 N–H and O–H groups in total. The smallest absolute Gasteiger partial charge is 0.243 e. The van der Waals surface area contributed by atoms with Crippen LogP contribution in [0.4, 0.5) is 9.52 Å². The van der Waals surface area contributed by atoms with Crippen LogP contribution >= 0.6 is 11.3 Å². The highest BCUT2D eigenvalue weighted by Gasteiger charge is 2.30. The number of amides is 1. The lowest BCUT2D eigenvalue weighted by Crippen LogP contribution is -2.35. The summed E-state index contributed by atoms with van der Waals surface area (Å²) in [6, 6.07) is 4.78. The highest BCUT2D eigenvalue weighted by Crippen LogP contribution is 2.31. The quantitative estimate of drug-likeness (QED) is 0.913. The number of nitrogens with one attached hydrogen (secondary N) is 1. The molecule has 0 bridgehead atoms. The number of carbonyl (C=O) groups is 1. The van der Waals surface area contributed by atoms with Gasteiger partial charge in [-0.2, -0.15) is 4.31 Å². The lowest BCUT2D eigenvalue weighted by Gasteiger charge is -2.25. The van der Waals surface area contributed by atoms with Gasteiger partial charge in [0.15, 0.2) is 5.13 Å². The zero-order valence-electron chi connectivity index (χ0n) is 12.2. The number of thiazole rings is 1. The number of hydrogen-bond donors (Lipinski definition) is 1. The molecule has 1 aliphatic rings. The molecule has 0 aliphatic carbocycles. The number of sulfonamides is 1. The first kappa shape index (κ1) is 16.0. The van der Waals surface area contributed by atoms with Gasteiger partial charge in [-0.3, -0.25) is 4.79 Å². The van der Waals surface area contributed by atoms with Crippen LogP contribution in [-0.2, 0) is 27.8 Å². The SMILES string of the molecule is CC(=O)Nc1nc2c(s1)CN(S(=O)(=O)c1ccc(F)cc1)CC2. The Kier molecular flexibility index (Phi) is 4.17. The van der Waals surface area contributed by atoms with Crippen molar-refractivity contribution in [1.29, 1.82) is 0 Å². The van der Waals surface area contributed by atoms with Crippen molar-refractivity contribution in [2.24, 2.45) is 0 Å². The Hall–Kier alpha value is -1.84. The Morgan fingerprint density at radius 3 is 2.70 bits per heavy atom. The van der Waals surface area contributed by atoms with Crippen molar-refractivity contribution in [3.05, 3.63) is 40.7 Å². The van der Waals surface area contributed by atoms with Crippen LogP contribution in [0.15, 0.2) is 29.2 Å². The molecule has 0 spiro atoms. The summed E-state index contributed by atoms with van der Waals surface area (Å²) in [6.07, 6.45) is 0.478. The predicted octanol–water partition coefficient (Wildman–Crippen LogP) is 1.99. The summed E-state index contributed by atoms with van der Waals surface area (Å²) in [5, 5.41) is 3.09. The molecule has 1 aliphatic heterocycles. The van der Waals surface area contributed by atoms with E-state index in [1.165, 1.54) is 34.7 Å². The second-order valence-corrected chi connectivity index (χ2v) is 8.13. The fraction of sp³-hybridized carbons (Fsp3) is 0.286. The maximum Gasteiger partial charge on any atom is 0.243 e. The molecular formula is C14H14FN3O3S2. The number of nitrogens with zero attached hydrogens (tertiary/aromatic N) is 2. The van der Waals surface area contributed by atoms with Gasteiger partial charge in [0.05, 0.1) is 17.1 Å². The topological polar surface area (TPSA) is 79.4 Å². The summed E-state index contributed by atoms with van der Waals surface area (Å²) in [4.78, 5) is 16.3. The molecule has 122 valence electrons. The Balaban J connectivity index is 1.84. The summed E-state index contributed by atoms with van der Waals surface area (Å²) in [6.45, 7) is 1.90. The van der Waals surface area contributed by atoms with E-state index in [9.17, 15) is 17.6 Å². The van der Waals surface area contributed by atoms with Crippen molar-refractivity contribution < 1.29 is 17.6 Å². The van der Waals surface area contributed by atoms with Crippen molar-refractivity contribution >= 4 is 32.4 Å². The molecule has 0 saturated heterocycles. The van der Waals surface area contributed by atoms with E-state index in [1.54, 1.807) is 0 Å². The van der Waals surface area contributed by atoms with Crippen LogP contribution < -0.4 is 5.32 Å². The standard InChI is InChI=1S/C14H14FN3O3S2/c1-9(19)16-14-17-12-6-7-18(8-13(12)22-14)23(20,21)11-4-2-10(15)3-5-11/h2-5H,6-8H2,1H3,(H,16,17,19). The van der Waals surface area contributed by atoms with Gasteiger partial charge in [0.25, 0.3) is 0 Å². The maximum atomic E-state index is 13.0. The van der Waals surface area contributed by atoms with Crippen LogP contribution in [0.1, 0.15) is 17.5 Å². The van der Waals surface area contributed by atoms with Gasteiger partial charge in [0.1, 0.15) is 5.82 Å². The number of aromatic nitrogens is 1. The normalized spacial score (nSPS) is 15.2. The molecule has 0 unspecified atom stereocenters. The molecule has 9 heteroatoms. The van der Waals surface area contributed by atoms with Gasteiger partial charge in [-0.1, -0.05) is 0 Å². The van der Waals surface area contributed by atoms with E-state index in [-0.39, 0.29) is 17.3 Å². The molecule has 1 aromatic heterocycles. The summed E-state index contributed by atoms with van der Waals surface area (Å²) < 4.78 is 39.5. The van der Waals surface area contributed by atoms with Crippen LogP contribution in [0, 0.1) is 5.82 Å². The summed E-state index contributed by atoms with van der Waals surface area (Å²) in [5.74, 6) is -0.695. The molecule has 1 aromatic carbocycles. The molecule has 3 rings (SSSR count). The Morgan fingerprint density at radius 2 is 2.04 bits per heavy atom. The highest BCUT2D eigenvalue weighted by atomic mass is 32.2. The average molecular weight is 355 g/mol. The highest BCUT2D eigenvalue weighted by molar-refractivity contribution is 7.89. The van der Waals surface area contributed by atoms with E-state index in [0.717, 1.165) is 22.7 Å². The van der Waals surface area contributed by atoms with Crippen molar-refractivity contribution in [2.45, 2.75) is 24.8 Å². The predicted molar refractivity (Wildman–Crippen MR) is 84.1 cm³/mol. The van der Waals surface area contributed by atoms with Crippen LogP contribution in [0.2, 0.25) is 0 Å². The number of hydrogen-bond acceptors (Lipinski definition) is 5. The van der Waals surface area contributed by atoms with Gasteiger partial charge in [-0.25, -0.2) is 17.8 Å². The van der Waals surface area contributed by atoms with Gasteiger partial charge < -0.3 is 5.32 Å². The number of anilines is 1. The first-order valence-electron chi connectivity index (χ1n) is 6.88. The molecule has 1 amide bonds. The van der Waals surface area contributed by atoms with Crippen LogP contribution in [0.3, 0.4) is 0 Å². The summed E-state index contributed by atoms with van der Waals surface area (Å²) in [5.41, 5.74) is 0.810. The number of halogens is 1. The molecule has 0 atom stereocenters. The Labute approximate surface area is 137 Å². The molecule has 23 heavy (non-hydrogen) atoms. The second kappa shape index (κ2) is 5.99. The van der Waals surface area contributed by atoms with Gasteiger partial charge in [-0.05, 0) is 24.3 Å². The van der Waals surface area contributed by atoms with Gasteiger partial charge in [0, 0.05) is 24.8 Å². The number of fused-ring (bicyclic) bond motifs is 1. The van der Waals surface area contributed by atoms with E-state index >= 15 is 0 Å². The molecule has 0 radical (unpaired) electrons. The van der Waals surface area contributed by atoms with Gasteiger partial charge in [-0.15, -0.1) is 11.3 Å². The summed E-state index contributed by atoms with van der Waals surface area (Å²) >= 11 is 1.27. The lowest BCUT2D eigenvalue weighted by atomic mass is 10.2. The van der Waals surface area contributed by atoms with E-state index in [0.29, 0.717) is 18.1 Å². The minimum absolute atomic E-state index is 0.0638. The average Bonchev–Trinajstić information content (AvgIpc) is 2.87. The van der Waals surface area contributed by atoms with Crippen LogP contribution in [0.5, 0.6) is 0 Å². The first-order chi connectivity index (χ1) is 10.9. The fourth-order valence-electron chi connectivity index (χ4n) is 2.34. The van der Waals surface area contributed by atoms with Crippen molar-refractivity contribution in [3.8, 4) is 0 Å². The molecule has 0 fully saturated rings. The molecular weight excluding hydrogens is 341 g/mol. The Bertz CT molecular complexity index is 847. The van der Waals surface area contributed by atoms with Crippen molar-refractivity contribution in [3.63, 3.8) is 0 Å². The van der Waals surface area contributed by atoms with Crippen molar-refractivity contribution in [1.82, 2.24) is 9.29 Å². The largest absolute Gasteiger partial charge is 0.302 e. The maximum absolute atomic E-state index is 13.0. The van der Waals surface area contributed by atoms with E-state index in [2.05, 4.69) is 10.3 Å². The van der Waals surface area contributed by atoms with Crippen LogP contribution in [0.25, 0.3) is 0 Å². The minimum Gasteiger partial charge on any atom is -0.302 e. The van der Waals surface area contributed by atoms with E-state index in [4.69, 9.17) is 0 Å². The molecule has 0 saturated carbocycles. The number of benzene rings is 1. The van der Waals surface area contributed by atoms with Crippen LogP contribution in [-0.4, -0.2) is 30.2 Å². The zero-order chi connectivity index (χ0) is 16.6. The second-order valence-electron chi connectivity index (χ2n) is 5.11. The van der Waals surface area contributed by atoms with Gasteiger partial charge >= 0.3 is 0 Å². The third kappa shape index (κ3) is 3.26. The fourth-order valence-corrected chi connectivity index (χ4v) is 4.90. The first-order valence-corrected chi connectivity index (χ1v) is 9.14. The van der Waals surface area contributed by atoms with Gasteiger partial charge in [0.2, 0.25) is 15.9 Å². The Morgan fingerprint density at radius 1 is 1.35 bits per heavy atom. The summed E-state index contributed by atoms with van der Waals surface area (Å²) in [7, 11) is -3.68. The molecule has 2 aromatic rings. The van der Waals surface area contributed by atoms with E-state index in [1.807, 2.05) is 0 Å². The zero-order valence-corrected chi connectivity index (χ0v) is 13.9. The monoisotopic (exact) mass is 355 g/mol. The third-order valence-corrected chi connectivity index (χ3v) is 6.29. The number of rotatable bonds is 3. The third-order valence-electron chi connectivity index (χ3n) is 3.43. The van der Waals surface area contributed by atoms with Crippen molar-refractivity contribution in [2.75, 3.05) is 11.9 Å². The van der Waals surface area contributed by atoms with E-state index < -0.39 is 15.8 Å². The lowest BCUT2D eigenvalue weighted by molar-refractivity contribution is -0.114. The molecule has 6 nitrogen and oxygen atoms in total. The minimum atomic E-state index is -3.68. The number of carbonyl (C=O) groups excluding carboxylic acids is 1. The molecule has 2 heterocycles.